The number of β-amino-alcohol motifs (C(OH)–C–C–N with tert-alkyl or cyclic N) is 1. The smallest absolute Gasteiger partial charge is 0.142 e. The summed E-state index contributed by atoms with van der Waals surface area (Å²) in [5.41, 5.74) is 0.308. The highest BCUT2D eigenvalue weighted by Crippen LogP contribution is 2.31. The maximum Gasteiger partial charge on any atom is 0.142 e. The molecule has 2 atom stereocenters. The van der Waals surface area contributed by atoms with Crippen LogP contribution in [0.25, 0.3) is 0 Å². The van der Waals surface area contributed by atoms with Crippen LogP contribution >= 0.6 is 0 Å². The molecule has 2 unspecified atom stereocenters. The van der Waals surface area contributed by atoms with Crippen molar-refractivity contribution in [2.45, 2.75) is 25.5 Å². The summed E-state index contributed by atoms with van der Waals surface area (Å²) in [6, 6.07) is 8.26. The summed E-state index contributed by atoms with van der Waals surface area (Å²) in [6.45, 7) is 6.08. The van der Waals surface area contributed by atoms with Crippen LogP contribution in [0.4, 0.5) is 5.69 Å². The highest BCUT2D eigenvalue weighted by molar-refractivity contribution is 5.59. The fraction of sp³-hybridized carbons (Fsp3) is 0.571. The highest BCUT2D eigenvalue weighted by atomic mass is 16.5. The van der Waals surface area contributed by atoms with E-state index in [4.69, 9.17) is 4.74 Å². The molecule has 0 spiro atoms. The van der Waals surface area contributed by atoms with Crippen molar-refractivity contribution in [2.75, 3.05) is 31.6 Å². The molecule has 1 heterocycles. The minimum absolute atomic E-state index is 0.315. The summed E-state index contributed by atoms with van der Waals surface area (Å²) < 4.78 is 5.41. The number of methoxy groups -OCH3 is 1. The Morgan fingerprint density at radius 2 is 2.17 bits per heavy atom. The Labute approximate surface area is 109 Å². The van der Waals surface area contributed by atoms with E-state index in [0.717, 1.165) is 18.0 Å². The van der Waals surface area contributed by atoms with Gasteiger partial charge in [-0.05, 0) is 26.0 Å². The molecule has 18 heavy (non-hydrogen) atoms. The number of rotatable bonds is 2. The predicted octanol–water partition coefficient (Wildman–Crippen LogP) is 1.24. The van der Waals surface area contributed by atoms with Crippen LogP contribution in [0.3, 0.4) is 0 Å². The van der Waals surface area contributed by atoms with E-state index in [2.05, 4.69) is 17.1 Å². The molecule has 100 valence electrons. The van der Waals surface area contributed by atoms with Crippen molar-refractivity contribution in [1.29, 1.82) is 0 Å². The molecule has 1 aliphatic heterocycles. The average Bonchev–Trinajstić information content (AvgIpc) is 2.48. The van der Waals surface area contributed by atoms with E-state index in [1.165, 1.54) is 0 Å². The third-order valence-electron chi connectivity index (χ3n) is 3.38. The van der Waals surface area contributed by atoms with Gasteiger partial charge in [0, 0.05) is 25.7 Å². The fourth-order valence-corrected chi connectivity index (χ4v) is 2.43. The zero-order chi connectivity index (χ0) is 13.2. The number of hydrogen-bond acceptors (Lipinski definition) is 4. The molecule has 0 saturated carbocycles. The van der Waals surface area contributed by atoms with Crippen molar-refractivity contribution < 1.29 is 9.84 Å². The lowest BCUT2D eigenvalue weighted by atomic mass is 10.1. The van der Waals surface area contributed by atoms with Gasteiger partial charge in [0.1, 0.15) is 5.75 Å². The van der Waals surface area contributed by atoms with E-state index in [0.29, 0.717) is 19.1 Å². The maximum absolute atomic E-state index is 10.3. The highest BCUT2D eigenvalue weighted by Gasteiger charge is 2.31. The first-order chi connectivity index (χ1) is 8.53. The van der Waals surface area contributed by atoms with Gasteiger partial charge in [0.15, 0.2) is 0 Å². The normalized spacial score (nSPS) is 28.9. The zero-order valence-corrected chi connectivity index (χ0v) is 11.3. The van der Waals surface area contributed by atoms with Crippen LogP contribution in [-0.4, -0.2) is 43.5 Å². The van der Waals surface area contributed by atoms with Gasteiger partial charge in [0.2, 0.25) is 0 Å². The van der Waals surface area contributed by atoms with Gasteiger partial charge >= 0.3 is 0 Å². The summed E-state index contributed by atoms with van der Waals surface area (Å²) in [7, 11) is 1.68. The molecular weight excluding hydrogens is 228 g/mol. The minimum atomic E-state index is -0.731. The van der Waals surface area contributed by atoms with E-state index in [9.17, 15) is 5.11 Å². The van der Waals surface area contributed by atoms with E-state index >= 15 is 0 Å². The van der Waals surface area contributed by atoms with Gasteiger partial charge in [-0.2, -0.15) is 0 Å². The molecule has 1 saturated heterocycles. The zero-order valence-electron chi connectivity index (χ0n) is 11.3. The molecule has 0 radical (unpaired) electrons. The van der Waals surface area contributed by atoms with Gasteiger partial charge in [-0.3, -0.25) is 0 Å². The van der Waals surface area contributed by atoms with Crippen LogP contribution in [0.15, 0.2) is 24.3 Å². The van der Waals surface area contributed by atoms with E-state index in [1.54, 1.807) is 7.11 Å². The number of para-hydroxylation sites is 2. The Morgan fingerprint density at radius 3 is 2.89 bits per heavy atom. The van der Waals surface area contributed by atoms with Crippen molar-refractivity contribution in [1.82, 2.24) is 5.32 Å². The molecule has 1 aromatic rings. The first-order valence-electron chi connectivity index (χ1n) is 6.36. The van der Waals surface area contributed by atoms with Gasteiger partial charge in [0.05, 0.1) is 18.4 Å². The van der Waals surface area contributed by atoms with E-state index in [-0.39, 0.29) is 0 Å². The van der Waals surface area contributed by atoms with E-state index < -0.39 is 5.60 Å². The summed E-state index contributed by atoms with van der Waals surface area (Å²) in [5.74, 6) is 0.849. The summed E-state index contributed by atoms with van der Waals surface area (Å²) in [4.78, 5) is 2.21. The molecule has 0 aliphatic carbocycles. The largest absolute Gasteiger partial charge is 0.495 e. The van der Waals surface area contributed by atoms with Crippen LogP contribution in [0.1, 0.15) is 13.8 Å². The molecule has 2 N–H and O–H groups in total. The van der Waals surface area contributed by atoms with E-state index in [1.807, 2.05) is 31.2 Å². The quantitative estimate of drug-likeness (QED) is 0.829. The number of hydrogen-bond donors (Lipinski definition) is 2. The number of ether oxygens (including phenoxy) is 1. The third kappa shape index (κ3) is 2.76. The monoisotopic (exact) mass is 250 g/mol. The molecular formula is C14H22N2O2. The molecule has 1 aliphatic rings. The standard InChI is InChI=1S/C14H22N2O2/c1-11-8-15-9-14(2,17)10-16(11)12-6-4-5-7-13(12)18-3/h4-7,11,15,17H,8-10H2,1-3H3. The Balaban J connectivity index is 2.33. The first-order valence-corrected chi connectivity index (χ1v) is 6.36. The van der Waals surface area contributed by atoms with Crippen molar-refractivity contribution >= 4 is 5.69 Å². The minimum Gasteiger partial charge on any atom is -0.495 e. The molecule has 2 rings (SSSR count). The van der Waals surface area contributed by atoms with Crippen molar-refractivity contribution in [2.24, 2.45) is 0 Å². The molecule has 4 nitrogen and oxygen atoms in total. The van der Waals surface area contributed by atoms with Crippen LogP contribution in [0.2, 0.25) is 0 Å². The molecule has 0 amide bonds. The number of nitrogens with zero attached hydrogens (tertiary/aromatic N) is 1. The predicted molar refractivity (Wildman–Crippen MR) is 73.3 cm³/mol. The Hall–Kier alpha value is -1.26. The number of nitrogens with one attached hydrogen (secondary N) is 1. The summed E-state index contributed by atoms with van der Waals surface area (Å²) in [6.07, 6.45) is 0. The molecule has 0 bridgehead atoms. The van der Waals surface area contributed by atoms with Gasteiger partial charge in [0.25, 0.3) is 0 Å². The number of benzene rings is 1. The molecule has 0 aromatic heterocycles. The van der Waals surface area contributed by atoms with Crippen molar-refractivity contribution in [3.05, 3.63) is 24.3 Å². The van der Waals surface area contributed by atoms with Crippen LogP contribution in [0.5, 0.6) is 5.75 Å². The van der Waals surface area contributed by atoms with Crippen molar-refractivity contribution in [3.8, 4) is 5.75 Å². The fourth-order valence-electron chi connectivity index (χ4n) is 2.43. The lowest BCUT2D eigenvalue weighted by Gasteiger charge is -2.34. The lowest BCUT2D eigenvalue weighted by Crippen LogP contribution is -2.45. The van der Waals surface area contributed by atoms with Gasteiger partial charge in [-0.15, -0.1) is 0 Å². The average molecular weight is 250 g/mol. The topological polar surface area (TPSA) is 44.7 Å². The second-order valence-corrected chi connectivity index (χ2v) is 5.28. The summed E-state index contributed by atoms with van der Waals surface area (Å²) >= 11 is 0. The molecule has 4 heteroatoms. The first kappa shape index (κ1) is 13.2. The van der Waals surface area contributed by atoms with Crippen LogP contribution in [0, 0.1) is 0 Å². The number of aliphatic hydroxyl groups is 1. The third-order valence-corrected chi connectivity index (χ3v) is 3.38. The van der Waals surface area contributed by atoms with Gasteiger partial charge in [-0.25, -0.2) is 0 Å². The van der Waals surface area contributed by atoms with Crippen LogP contribution < -0.4 is 15.0 Å². The Morgan fingerprint density at radius 1 is 1.44 bits per heavy atom. The van der Waals surface area contributed by atoms with Gasteiger partial charge in [-0.1, -0.05) is 12.1 Å². The second kappa shape index (κ2) is 5.16. The van der Waals surface area contributed by atoms with Crippen LogP contribution in [-0.2, 0) is 0 Å². The van der Waals surface area contributed by atoms with Crippen molar-refractivity contribution in [3.63, 3.8) is 0 Å². The lowest BCUT2D eigenvalue weighted by molar-refractivity contribution is 0.0725. The Kier molecular flexibility index (Phi) is 3.78. The number of anilines is 1. The second-order valence-electron chi connectivity index (χ2n) is 5.28. The SMILES string of the molecule is COc1ccccc1N1CC(C)(O)CNCC1C. The summed E-state index contributed by atoms with van der Waals surface area (Å²) in [5, 5.41) is 13.6. The van der Waals surface area contributed by atoms with Gasteiger partial charge < -0.3 is 20.1 Å². The molecule has 1 aromatic carbocycles. The Bertz CT molecular complexity index is 407. The molecule has 1 fully saturated rings. The maximum atomic E-state index is 10.3.